The summed E-state index contributed by atoms with van der Waals surface area (Å²) in [6.45, 7) is 1.84. The van der Waals surface area contributed by atoms with Crippen LogP contribution in [0.4, 0.5) is 11.4 Å². The van der Waals surface area contributed by atoms with E-state index < -0.39 is 5.91 Å². The fraction of sp³-hybridized carbons (Fsp3) is 0.0800. The van der Waals surface area contributed by atoms with Crippen molar-refractivity contribution in [2.75, 3.05) is 17.2 Å². The van der Waals surface area contributed by atoms with E-state index in [0.29, 0.717) is 22.7 Å². The zero-order valence-corrected chi connectivity index (χ0v) is 17.0. The summed E-state index contributed by atoms with van der Waals surface area (Å²) in [5, 5.41) is 14.8. The summed E-state index contributed by atoms with van der Waals surface area (Å²) in [5.74, 6) is -0.248. The van der Waals surface area contributed by atoms with Crippen LogP contribution in [0.1, 0.15) is 11.1 Å². The Hall–Kier alpha value is -4.37. The summed E-state index contributed by atoms with van der Waals surface area (Å²) < 4.78 is 5.50. The van der Waals surface area contributed by atoms with Crippen LogP contribution in [0.25, 0.3) is 6.08 Å². The first-order valence-corrected chi connectivity index (χ1v) is 9.61. The number of ether oxygens (including phenoxy) is 1. The van der Waals surface area contributed by atoms with Crippen molar-refractivity contribution in [3.8, 4) is 11.8 Å². The topological polar surface area (TPSA) is 91.2 Å². The molecule has 2 amide bonds. The smallest absolute Gasteiger partial charge is 0.266 e. The van der Waals surface area contributed by atoms with Crippen LogP contribution in [0.5, 0.6) is 5.75 Å². The van der Waals surface area contributed by atoms with Gasteiger partial charge >= 0.3 is 0 Å². The van der Waals surface area contributed by atoms with Crippen LogP contribution in [-0.2, 0) is 9.59 Å². The third kappa shape index (κ3) is 6.58. The largest absolute Gasteiger partial charge is 0.484 e. The molecule has 6 heteroatoms. The summed E-state index contributed by atoms with van der Waals surface area (Å²) in [6, 6.07) is 25.1. The molecule has 0 atom stereocenters. The number of nitrogens with zero attached hydrogens (tertiary/aromatic N) is 1. The number of hydrogen-bond acceptors (Lipinski definition) is 4. The van der Waals surface area contributed by atoms with E-state index in [1.807, 2.05) is 43.3 Å². The van der Waals surface area contributed by atoms with Crippen LogP contribution in [0.3, 0.4) is 0 Å². The fourth-order valence-corrected chi connectivity index (χ4v) is 2.68. The first-order valence-electron chi connectivity index (χ1n) is 9.61. The lowest BCUT2D eigenvalue weighted by Gasteiger charge is -2.08. The van der Waals surface area contributed by atoms with Crippen molar-refractivity contribution in [1.82, 2.24) is 0 Å². The molecule has 0 bridgehead atoms. The Morgan fingerprint density at radius 1 is 0.903 bits per heavy atom. The van der Waals surface area contributed by atoms with Gasteiger partial charge in [0.25, 0.3) is 11.8 Å². The van der Waals surface area contributed by atoms with Crippen molar-refractivity contribution >= 4 is 29.3 Å². The van der Waals surface area contributed by atoms with Gasteiger partial charge in [-0.05, 0) is 55.0 Å². The van der Waals surface area contributed by atoms with Gasteiger partial charge in [0.1, 0.15) is 17.4 Å². The molecule has 0 aliphatic carbocycles. The highest BCUT2D eigenvalue weighted by molar-refractivity contribution is 6.09. The average molecular weight is 411 g/mol. The van der Waals surface area contributed by atoms with E-state index in [1.54, 1.807) is 48.5 Å². The molecule has 2 N–H and O–H groups in total. The van der Waals surface area contributed by atoms with E-state index >= 15 is 0 Å². The molecule has 0 saturated carbocycles. The minimum Gasteiger partial charge on any atom is -0.484 e. The summed E-state index contributed by atoms with van der Waals surface area (Å²) in [4.78, 5) is 24.3. The van der Waals surface area contributed by atoms with Gasteiger partial charge < -0.3 is 15.4 Å². The standard InChI is InChI=1S/C25H21N3O3/c1-18-7-11-22(12-8-18)27-24(29)17-31-23-13-9-19(10-14-23)15-20(16-26)25(30)28-21-5-3-2-4-6-21/h2-15H,17H2,1H3,(H,27,29)(H,28,30)/b20-15+. The van der Waals surface area contributed by atoms with Crippen LogP contribution in [-0.4, -0.2) is 18.4 Å². The Labute approximate surface area is 180 Å². The molecular formula is C25H21N3O3. The molecule has 31 heavy (non-hydrogen) atoms. The monoisotopic (exact) mass is 411 g/mol. The Morgan fingerprint density at radius 3 is 2.19 bits per heavy atom. The molecule has 0 aromatic heterocycles. The summed E-state index contributed by atoms with van der Waals surface area (Å²) >= 11 is 0. The highest BCUT2D eigenvalue weighted by Gasteiger charge is 2.09. The van der Waals surface area contributed by atoms with Crippen LogP contribution >= 0.6 is 0 Å². The van der Waals surface area contributed by atoms with Gasteiger partial charge in [-0.3, -0.25) is 9.59 Å². The molecule has 3 aromatic carbocycles. The molecule has 3 aromatic rings. The molecule has 0 heterocycles. The fourth-order valence-electron chi connectivity index (χ4n) is 2.68. The number of rotatable bonds is 7. The van der Waals surface area contributed by atoms with E-state index in [-0.39, 0.29) is 18.1 Å². The molecule has 0 aliphatic heterocycles. The number of nitriles is 1. The van der Waals surface area contributed by atoms with Crippen molar-refractivity contribution in [1.29, 1.82) is 5.26 Å². The second-order valence-corrected chi connectivity index (χ2v) is 6.76. The molecular weight excluding hydrogens is 390 g/mol. The molecule has 0 radical (unpaired) electrons. The van der Waals surface area contributed by atoms with E-state index in [2.05, 4.69) is 10.6 Å². The second kappa shape index (κ2) is 10.4. The van der Waals surface area contributed by atoms with Crippen LogP contribution in [0.15, 0.2) is 84.4 Å². The third-order valence-corrected chi connectivity index (χ3v) is 4.29. The maximum atomic E-state index is 12.3. The third-order valence-electron chi connectivity index (χ3n) is 4.29. The van der Waals surface area contributed by atoms with Gasteiger partial charge in [-0.1, -0.05) is 48.0 Å². The van der Waals surface area contributed by atoms with Gasteiger partial charge in [0.05, 0.1) is 0 Å². The maximum absolute atomic E-state index is 12.3. The minimum absolute atomic E-state index is 0.0185. The molecule has 0 saturated heterocycles. The SMILES string of the molecule is Cc1ccc(NC(=O)COc2ccc(/C=C(\C#N)C(=O)Nc3ccccc3)cc2)cc1. The van der Waals surface area contributed by atoms with Crippen molar-refractivity contribution in [3.05, 3.63) is 95.6 Å². The van der Waals surface area contributed by atoms with E-state index in [0.717, 1.165) is 5.56 Å². The average Bonchev–Trinajstić information content (AvgIpc) is 2.79. The summed E-state index contributed by atoms with van der Waals surface area (Å²) in [6.07, 6.45) is 1.49. The second-order valence-electron chi connectivity index (χ2n) is 6.76. The summed E-state index contributed by atoms with van der Waals surface area (Å²) in [5.41, 5.74) is 3.07. The van der Waals surface area contributed by atoms with Crippen LogP contribution in [0.2, 0.25) is 0 Å². The highest BCUT2D eigenvalue weighted by Crippen LogP contribution is 2.16. The van der Waals surface area contributed by atoms with Gasteiger partial charge in [-0.25, -0.2) is 0 Å². The number of nitrogens with one attached hydrogen (secondary N) is 2. The van der Waals surface area contributed by atoms with Crippen molar-refractivity contribution < 1.29 is 14.3 Å². The van der Waals surface area contributed by atoms with Gasteiger partial charge in [-0.2, -0.15) is 5.26 Å². The van der Waals surface area contributed by atoms with Crippen molar-refractivity contribution in [3.63, 3.8) is 0 Å². The van der Waals surface area contributed by atoms with Gasteiger partial charge in [-0.15, -0.1) is 0 Å². The molecule has 0 unspecified atom stereocenters. The van der Waals surface area contributed by atoms with Gasteiger partial charge in [0, 0.05) is 11.4 Å². The Balaban J connectivity index is 1.56. The summed E-state index contributed by atoms with van der Waals surface area (Å²) in [7, 11) is 0. The van der Waals surface area contributed by atoms with Crippen LogP contribution in [0, 0.1) is 18.3 Å². The number of aryl methyl sites for hydroxylation is 1. The van der Waals surface area contributed by atoms with Gasteiger partial charge in [0.2, 0.25) is 0 Å². The molecule has 0 aliphatic rings. The highest BCUT2D eigenvalue weighted by atomic mass is 16.5. The lowest BCUT2D eigenvalue weighted by Crippen LogP contribution is -2.20. The Bertz CT molecular complexity index is 1110. The number of amides is 2. The zero-order valence-electron chi connectivity index (χ0n) is 17.0. The molecule has 0 fully saturated rings. The van der Waals surface area contributed by atoms with Crippen LogP contribution < -0.4 is 15.4 Å². The van der Waals surface area contributed by atoms with E-state index in [1.165, 1.54) is 6.08 Å². The number of benzene rings is 3. The minimum atomic E-state index is -0.484. The van der Waals surface area contributed by atoms with Gasteiger partial charge in [0.15, 0.2) is 6.61 Å². The van der Waals surface area contributed by atoms with Crippen molar-refractivity contribution in [2.45, 2.75) is 6.92 Å². The predicted molar refractivity (Wildman–Crippen MR) is 120 cm³/mol. The maximum Gasteiger partial charge on any atom is 0.266 e. The number of carbonyl (C=O) groups excluding carboxylic acids is 2. The number of para-hydroxylation sites is 1. The number of carbonyl (C=O) groups is 2. The first kappa shape index (κ1) is 21.3. The Kier molecular flexibility index (Phi) is 7.17. The molecule has 0 spiro atoms. The normalized spacial score (nSPS) is 10.6. The molecule has 6 nitrogen and oxygen atoms in total. The number of hydrogen-bond donors (Lipinski definition) is 2. The predicted octanol–water partition coefficient (Wildman–Crippen LogP) is 4.56. The lowest BCUT2D eigenvalue weighted by molar-refractivity contribution is -0.118. The van der Waals surface area contributed by atoms with E-state index in [4.69, 9.17) is 4.74 Å². The quantitative estimate of drug-likeness (QED) is 0.440. The number of anilines is 2. The molecule has 154 valence electrons. The molecule has 3 rings (SSSR count). The lowest BCUT2D eigenvalue weighted by atomic mass is 10.1. The first-order chi connectivity index (χ1) is 15.0. The van der Waals surface area contributed by atoms with E-state index in [9.17, 15) is 14.9 Å². The zero-order chi connectivity index (χ0) is 22.1. The van der Waals surface area contributed by atoms with Crippen molar-refractivity contribution in [2.24, 2.45) is 0 Å². The Morgan fingerprint density at radius 2 is 1.55 bits per heavy atom.